The average molecular weight is 749 g/mol. The van der Waals surface area contributed by atoms with Crippen LogP contribution >= 0.6 is 0 Å². The van der Waals surface area contributed by atoms with Crippen molar-refractivity contribution < 1.29 is 52.7 Å². The maximum Gasteiger partial charge on any atom is 0.194 e. The van der Waals surface area contributed by atoms with Gasteiger partial charge in [0.05, 0.1) is 0 Å². The lowest BCUT2D eigenvalue weighted by Gasteiger charge is -2.34. The van der Waals surface area contributed by atoms with Crippen LogP contribution in [0.25, 0.3) is 0 Å². The fourth-order valence-electron chi connectivity index (χ4n) is 6.04. The van der Waals surface area contributed by atoms with Crippen LogP contribution in [0.4, 0.5) is 52.7 Å². The highest BCUT2D eigenvalue weighted by atomic mass is 19.2. The SMILES string of the molecule is Fc1cc(CN2CCN(Cc3cc(F)c(F)c(F)c3)CCN(Cc3cc(F)c(F)c(F)c3)CCN(Cc3cc(F)c(F)c(F)c3)CC2)cc(F)c1F. The molecule has 16 heteroatoms. The molecule has 4 aromatic rings. The third-order valence-electron chi connectivity index (χ3n) is 8.73. The van der Waals surface area contributed by atoms with Gasteiger partial charge in [-0.25, -0.2) is 52.7 Å². The lowest BCUT2D eigenvalue weighted by molar-refractivity contribution is 0.121. The molecule has 0 radical (unpaired) electrons. The summed E-state index contributed by atoms with van der Waals surface area (Å²) in [6.07, 6.45) is 0. The fourth-order valence-corrected chi connectivity index (χ4v) is 6.04. The Kier molecular flexibility index (Phi) is 12.9. The molecule has 0 atom stereocenters. The molecule has 1 saturated heterocycles. The van der Waals surface area contributed by atoms with Gasteiger partial charge < -0.3 is 0 Å². The van der Waals surface area contributed by atoms with Gasteiger partial charge in [0.2, 0.25) is 0 Å². The molecule has 0 aliphatic carbocycles. The number of benzene rings is 4. The van der Waals surface area contributed by atoms with E-state index in [4.69, 9.17) is 0 Å². The lowest BCUT2D eigenvalue weighted by Crippen LogP contribution is -2.45. The van der Waals surface area contributed by atoms with Gasteiger partial charge in [-0.1, -0.05) is 0 Å². The minimum Gasteiger partial charge on any atom is -0.297 e. The Labute approximate surface area is 291 Å². The van der Waals surface area contributed by atoms with Crippen LogP contribution in [0.1, 0.15) is 22.3 Å². The molecule has 0 aromatic heterocycles. The van der Waals surface area contributed by atoms with E-state index < -0.39 is 69.8 Å². The maximum atomic E-state index is 14.1. The summed E-state index contributed by atoms with van der Waals surface area (Å²) in [5.74, 6) is -17.9. The van der Waals surface area contributed by atoms with Crippen molar-refractivity contribution in [3.8, 4) is 0 Å². The third-order valence-corrected chi connectivity index (χ3v) is 8.73. The first kappa shape index (κ1) is 39.1. The summed E-state index contributed by atoms with van der Waals surface area (Å²) >= 11 is 0. The molecule has 0 unspecified atom stereocenters. The molecule has 52 heavy (non-hydrogen) atoms. The molecule has 0 N–H and O–H groups in total. The molecular formula is C36H32F12N4. The molecule has 0 spiro atoms. The van der Waals surface area contributed by atoms with Crippen molar-refractivity contribution in [1.29, 1.82) is 0 Å². The van der Waals surface area contributed by atoms with E-state index in [9.17, 15) is 52.7 Å². The minimum atomic E-state index is -1.65. The zero-order valence-electron chi connectivity index (χ0n) is 27.4. The predicted molar refractivity (Wildman–Crippen MR) is 166 cm³/mol. The minimum absolute atomic E-state index is 0.0804. The predicted octanol–water partition coefficient (Wildman–Crippen LogP) is 7.68. The van der Waals surface area contributed by atoms with E-state index >= 15 is 0 Å². The van der Waals surface area contributed by atoms with Gasteiger partial charge in [0.25, 0.3) is 0 Å². The smallest absolute Gasteiger partial charge is 0.194 e. The van der Waals surface area contributed by atoms with Gasteiger partial charge in [-0.05, 0) is 70.8 Å². The molecule has 4 nitrogen and oxygen atoms in total. The largest absolute Gasteiger partial charge is 0.297 e. The van der Waals surface area contributed by atoms with E-state index in [1.54, 1.807) is 19.6 Å². The van der Waals surface area contributed by atoms with Crippen LogP contribution in [0, 0.1) is 69.8 Å². The van der Waals surface area contributed by atoms with E-state index in [2.05, 4.69) is 0 Å². The van der Waals surface area contributed by atoms with Gasteiger partial charge in [-0.2, -0.15) is 0 Å². The summed E-state index contributed by atoms with van der Waals surface area (Å²) in [5, 5.41) is 0. The molecule has 0 amide bonds. The van der Waals surface area contributed by atoms with Crippen LogP contribution in [-0.4, -0.2) is 72.0 Å². The molecule has 1 aliphatic rings. The molecule has 5 rings (SSSR count). The topological polar surface area (TPSA) is 13.0 Å². The molecule has 4 aromatic carbocycles. The Morgan fingerprint density at radius 3 is 0.538 bits per heavy atom. The first-order chi connectivity index (χ1) is 24.7. The van der Waals surface area contributed by atoms with Gasteiger partial charge in [0.1, 0.15) is 0 Å². The summed E-state index contributed by atoms with van der Waals surface area (Å²) in [5.41, 5.74) is 0.322. The van der Waals surface area contributed by atoms with Crippen molar-refractivity contribution in [3.63, 3.8) is 0 Å². The van der Waals surface area contributed by atoms with Crippen molar-refractivity contribution in [1.82, 2.24) is 19.6 Å². The second-order valence-electron chi connectivity index (χ2n) is 12.6. The fraction of sp³-hybridized carbons (Fsp3) is 0.333. The number of hydrogen-bond donors (Lipinski definition) is 0. The van der Waals surface area contributed by atoms with E-state index in [1.165, 1.54) is 0 Å². The van der Waals surface area contributed by atoms with Crippen LogP contribution in [0.3, 0.4) is 0 Å². The second kappa shape index (κ2) is 17.1. The van der Waals surface area contributed by atoms with E-state index in [-0.39, 0.29) is 101 Å². The highest BCUT2D eigenvalue weighted by molar-refractivity contribution is 5.22. The molecule has 280 valence electrons. The Hall–Kier alpha value is -4.12. The van der Waals surface area contributed by atoms with Crippen LogP contribution in [0.2, 0.25) is 0 Å². The molecule has 0 saturated carbocycles. The Bertz CT molecular complexity index is 1510. The summed E-state index contributed by atoms with van der Waals surface area (Å²) in [4.78, 5) is 6.97. The van der Waals surface area contributed by atoms with Gasteiger partial charge in [0, 0.05) is 78.5 Å². The van der Waals surface area contributed by atoms with E-state index in [1.807, 2.05) is 0 Å². The summed E-state index contributed by atoms with van der Waals surface area (Å²) in [7, 11) is 0. The van der Waals surface area contributed by atoms with Crippen molar-refractivity contribution in [2.45, 2.75) is 26.2 Å². The zero-order chi connectivity index (χ0) is 37.7. The molecular weight excluding hydrogens is 716 g/mol. The summed E-state index contributed by atoms with van der Waals surface area (Å²) in [6, 6.07) is 6.64. The third kappa shape index (κ3) is 10.1. The molecule has 1 heterocycles. The highest BCUT2D eigenvalue weighted by Gasteiger charge is 2.22. The van der Waals surface area contributed by atoms with Crippen LogP contribution in [0.15, 0.2) is 48.5 Å². The lowest BCUT2D eigenvalue weighted by atomic mass is 10.1. The van der Waals surface area contributed by atoms with Crippen LogP contribution in [-0.2, 0) is 26.2 Å². The number of rotatable bonds is 8. The maximum absolute atomic E-state index is 14.1. The Morgan fingerprint density at radius 2 is 0.404 bits per heavy atom. The first-order valence-electron chi connectivity index (χ1n) is 16.1. The molecule has 1 fully saturated rings. The van der Waals surface area contributed by atoms with Crippen molar-refractivity contribution >= 4 is 0 Å². The quantitative estimate of drug-likeness (QED) is 0.136. The van der Waals surface area contributed by atoms with Crippen LogP contribution < -0.4 is 0 Å². The van der Waals surface area contributed by atoms with Gasteiger partial charge in [-0.15, -0.1) is 0 Å². The Morgan fingerprint density at radius 1 is 0.269 bits per heavy atom. The zero-order valence-corrected chi connectivity index (χ0v) is 27.4. The van der Waals surface area contributed by atoms with Crippen molar-refractivity contribution in [3.05, 3.63) is 141 Å². The van der Waals surface area contributed by atoms with Crippen molar-refractivity contribution in [2.75, 3.05) is 52.4 Å². The van der Waals surface area contributed by atoms with E-state index in [0.29, 0.717) is 0 Å². The standard InChI is InChI=1S/C36H32F12N4/c37-25-9-21(10-26(38)33(25)45)17-49-1-2-50(18-22-11-27(39)34(46)28(40)12-22)5-6-52(20-24-15-31(43)36(48)32(44)16-24)8-7-51(4-3-49)19-23-13-29(41)35(47)30(42)14-23/h9-16H,1-8,17-20H2. The first-order valence-corrected chi connectivity index (χ1v) is 16.1. The van der Waals surface area contributed by atoms with Crippen molar-refractivity contribution in [2.24, 2.45) is 0 Å². The second-order valence-corrected chi connectivity index (χ2v) is 12.6. The van der Waals surface area contributed by atoms with Crippen LogP contribution in [0.5, 0.6) is 0 Å². The van der Waals surface area contributed by atoms with E-state index in [0.717, 1.165) is 48.5 Å². The normalized spacial score (nSPS) is 16.2. The molecule has 0 bridgehead atoms. The summed E-state index contributed by atoms with van der Waals surface area (Å²) < 4.78 is 168. The van der Waals surface area contributed by atoms with Gasteiger partial charge >= 0.3 is 0 Å². The number of nitrogens with zero attached hydrogens (tertiary/aromatic N) is 4. The highest BCUT2D eigenvalue weighted by Crippen LogP contribution is 2.21. The van der Waals surface area contributed by atoms with Gasteiger partial charge in [-0.3, -0.25) is 19.6 Å². The number of halogens is 12. The van der Waals surface area contributed by atoms with Gasteiger partial charge in [0.15, 0.2) is 69.8 Å². The Balaban J connectivity index is 1.45. The summed E-state index contributed by atoms with van der Waals surface area (Å²) in [6.45, 7) is 0.805. The monoisotopic (exact) mass is 748 g/mol. The average Bonchev–Trinajstić information content (AvgIpc) is 3.08. The number of hydrogen-bond acceptors (Lipinski definition) is 4. The molecule has 1 aliphatic heterocycles.